The molecular weight excluding hydrogens is 586 g/mol. The first-order chi connectivity index (χ1) is 19.5. The maximum absolute atomic E-state index is 14.2. The quantitative estimate of drug-likeness (QED) is 0.216. The maximum atomic E-state index is 14.2. The van der Waals surface area contributed by atoms with Crippen molar-refractivity contribution in [1.29, 1.82) is 0 Å². The minimum Gasteiger partial charge on any atom is -0.481 e. The number of piperidine rings is 1. The van der Waals surface area contributed by atoms with Crippen LogP contribution in [0.1, 0.15) is 43.0 Å². The van der Waals surface area contributed by atoms with Crippen LogP contribution in [-0.4, -0.2) is 49.2 Å². The summed E-state index contributed by atoms with van der Waals surface area (Å²) in [5.74, 6) is -1.28. The van der Waals surface area contributed by atoms with E-state index >= 15 is 0 Å². The first kappa shape index (κ1) is 29.1. The van der Waals surface area contributed by atoms with Crippen molar-refractivity contribution in [2.75, 3.05) is 13.1 Å². The van der Waals surface area contributed by atoms with Gasteiger partial charge in [0.15, 0.2) is 5.69 Å². The molecule has 1 saturated heterocycles. The second kappa shape index (κ2) is 11.4. The first-order valence-electron chi connectivity index (χ1n) is 12.6. The number of nitrogens with one attached hydrogen (secondary N) is 1. The van der Waals surface area contributed by atoms with Gasteiger partial charge >= 0.3 is 12.1 Å². The summed E-state index contributed by atoms with van der Waals surface area (Å²) in [6.45, 7) is 1.31. The molecule has 14 heteroatoms. The number of aliphatic hydroxyl groups is 1. The molecule has 4 aromatic rings. The zero-order valence-corrected chi connectivity index (χ0v) is 22.8. The molecule has 216 valence electrons. The van der Waals surface area contributed by atoms with Crippen molar-refractivity contribution < 1.29 is 32.7 Å². The van der Waals surface area contributed by atoms with Crippen molar-refractivity contribution in [2.45, 2.75) is 38.0 Å². The topological polar surface area (TPSA) is 126 Å². The van der Waals surface area contributed by atoms with Crippen LogP contribution in [0, 0.1) is 5.41 Å². The molecular formula is C27H24Cl2F3N5O4. The number of carboxylic acids is 1. The van der Waals surface area contributed by atoms with Gasteiger partial charge in [-0.1, -0.05) is 52.6 Å². The number of aliphatic hydroxyl groups excluding tert-OH is 1. The molecule has 1 fully saturated rings. The Kier molecular flexibility index (Phi) is 8.11. The van der Waals surface area contributed by atoms with Crippen LogP contribution >= 0.6 is 23.2 Å². The Hall–Kier alpha value is -3.45. The number of carboxylic acid groups (broad SMARTS) is 1. The summed E-state index contributed by atoms with van der Waals surface area (Å²) >= 11 is 12.0. The van der Waals surface area contributed by atoms with Crippen LogP contribution in [0.15, 0.2) is 53.2 Å². The second-order valence-electron chi connectivity index (χ2n) is 10.0. The van der Waals surface area contributed by atoms with Crippen molar-refractivity contribution in [3.63, 3.8) is 0 Å². The Balaban J connectivity index is 1.39. The van der Waals surface area contributed by atoms with Crippen LogP contribution in [-0.2, 0) is 11.0 Å². The molecule has 3 N–H and O–H groups in total. The SMILES string of the molecule is O=C(O)C[C@]1(C[C@H](O)c2ccc(-c3noc(-c4cnn(-c5ccc(Cl)cc5Cl)c4C(F)(F)F)n3)cc2)CCCNC1. The number of benzene rings is 2. The number of rotatable bonds is 8. The van der Waals surface area contributed by atoms with Gasteiger partial charge in [0.25, 0.3) is 5.89 Å². The van der Waals surface area contributed by atoms with E-state index in [0.29, 0.717) is 28.8 Å². The molecule has 2 atom stereocenters. The Morgan fingerprint density at radius 2 is 1.95 bits per heavy atom. The lowest BCUT2D eigenvalue weighted by atomic mass is 9.73. The van der Waals surface area contributed by atoms with E-state index in [4.69, 9.17) is 27.7 Å². The molecule has 0 saturated carbocycles. The predicted octanol–water partition coefficient (Wildman–Crippen LogP) is 6.18. The normalized spacial score (nSPS) is 18.4. The van der Waals surface area contributed by atoms with Gasteiger partial charge in [-0.2, -0.15) is 23.3 Å². The lowest BCUT2D eigenvalue weighted by Gasteiger charge is -2.38. The molecule has 5 rings (SSSR count). The van der Waals surface area contributed by atoms with Crippen molar-refractivity contribution >= 4 is 29.2 Å². The summed E-state index contributed by atoms with van der Waals surface area (Å²) in [4.78, 5) is 15.6. The molecule has 2 aromatic carbocycles. The van der Waals surface area contributed by atoms with Crippen molar-refractivity contribution in [3.05, 3.63) is 70.0 Å². The van der Waals surface area contributed by atoms with Crippen molar-refractivity contribution in [1.82, 2.24) is 25.2 Å². The zero-order valence-electron chi connectivity index (χ0n) is 21.3. The Labute approximate surface area is 241 Å². The molecule has 0 spiro atoms. The molecule has 41 heavy (non-hydrogen) atoms. The number of halogens is 5. The standard InChI is InChI=1S/C27H24Cl2F3N5O4/c28-17-6-7-20(19(29)10-17)37-23(27(30,31)32)18(13-34-37)25-35-24(36-41-25)16-4-2-15(3-5-16)21(38)11-26(12-22(39)40)8-1-9-33-14-26/h2-7,10,13,21,33,38H,1,8-9,11-12,14H2,(H,39,40)/t21-,26+/m0/s1. The largest absolute Gasteiger partial charge is 0.481 e. The van der Waals surface area contributed by atoms with E-state index in [2.05, 4.69) is 20.6 Å². The number of aromatic nitrogens is 4. The number of alkyl halides is 3. The fourth-order valence-electron chi connectivity index (χ4n) is 5.19. The second-order valence-corrected chi connectivity index (χ2v) is 10.9. The van der Waals surface area contributed by atoms with Crippen LogP contribution in [0.4, 0.5) is 13.2 Å². The fourth-order valence-corrected chi connectivity index (χ4v) is 5.68. The maximum Gasteiger partial charge on any atom is 0.434 e. The molecule has 9 nitrogen and oxygen atoms in total. The number of hydrogen-bond acceptors (Lipinski definition) is 7. The minimum atomic E-state index is -4.84. The molecule has 1 aliphatic rings. The van der Waals surface area contributed by atoms with E-state index in [1.54, 1.807) is 24.3 Å². The number of aliphatic carboxylic acids is 1. The molecule has 0 bridgehead atoms. The molecule has 2 aromatic heterocycles. The van der Waals surface area contributed by atoms with Crippen molar-refractivity contribution in [3.8, 4) is 28.5 Å². The predicted molar refractivity (Wildman–Crippen MR) is 144 cm³/mol. The summed E-state index contributed by atoms with van der Waals surface area (Å²) in [5.41, 5.74) is -1.17. The molecule has 0 aliphatic carbocycles. The van der Waals surface area contributed by atoms with Gasteiger partial charge in [-0.3, -0.25) is 4.79 Å². The lowest BCUT2D eigenvalue weighted by molar-refractivity contribution is -0.142. The Morgan fingerprint density at radius 1 is 1.20 bits per heavy atom. The third kappa shape index (κ3) is 6.25. The van der Waals surface area contributed by atoms with Crippen molar-refractivity contribution in [2.24, 2.45) is 5.41 Å². The summed E-state index contributed by atoms with van der Waals surface area (Å²) in [6, 6.07) is 10.5. The first-order valence-corrected chi connectivity index (χ1v) is 13.4. The van der Waals surface area contributed by atoms with Crippen LogP contribution in [0.5, 0.6) is 0 Å². The third-order valence-corrected chi connectivity index (χ3v) is 7.64. The summed E-state index contributed by atoms with van der Waals surface area (Å²) in [7, 11) is 0. The van der Waals surface area contributed by atoms with E-state index in [-0.39, 0.29) is 34.4 Å². The van der Waals surface area contributed by atoms with Gasteiger partial charge in [-0.05, 0) is 55.0 Å². The highest BCUT2D eigenvalue weighted by molar-refractivity contribution is 6.35. The van der Waals surface area contributed by atoms with E-state index in [0.717, 1.165) is 19.2 Å². The molecule has 0 amide bonds. The highest BCUT2D eigenvalue weighted by Crippen LogP contribution is 2.41. The highest BCUT2D eigenvalue weighted by Gasteiger charge is 2.41. The Bertz CT molecular complexity index is 1550. The van der Waals surface area contributed by atoms with Crippen LogP contribution in [0.3, 0.4) is 0 Å². The van der Waals surface area contributed by atoms with Crippen LogP contribution < -0.4 is 5.32 Å². The monoisotopic (exact) mass is 609 g/mol. The fraction of sp³-hybridized carbons (Fsp3) is 0.333. The summed E-state index contributed by atoms with van der Waals surface area (Å²) in [6.07, 6.45) is -3.07. The summed E-state index contributed by atoms with van der Waals surface area (Å²) < 4.78 is 48.3. The smallest absolute Gasteiger partial charge is 0.434 e. The van der Waals surface area contributed by atoms with Gasteiger partial charge in [0.2, 0.25) is 5.82 Å². The average Bonchev–Trinajstić information content (AvgIpc) is 3.56. The van der Waals surface area contributed by atoms with Gasteiger partial charge in [0, 0.05) is 17.1 Å². The van der Waals surface area contributed by atoms with Gasteiger partial charge < -0.3 is 20.1 Å². The molecule has 0 radical (unpaired) electrons. The van der Waals surface area contributed by atoms with Gasteiger partial charge in [0.05, 0.1) is 35.0 Å². The highest BCUT2D eigenvalue weighted by atomic mass is 35.5. The van der Waals surface area contributed by atoms with E-state index in [1.807, 2.05) is 0 Å². The lowest BCUT2D eigenvalue weighted by Crippen LogP contribution is -2.42. The number of hydrogen-bond donors (Lipinski definition) is 3. The zero-order chi connectivity index (χ0) is 29.4. The molecule has 1 aliphatic heterocycles. The van der Waals surface area contributed by atoms with Crippen LogP contribution in [0.2, 0.25) is 10.0 Å². The Morgan fingerprint density at radius 3 is 2.59 bits per heavy atom. The van der Waals surface area contributed by atoms with Gasteiger partial charge in [-0.25, -0.2) is 4.68 Å². The molecule has 3 heterocycles. The summed E-state index contributed by atoms with van der Waals surface area (Å²) in [5, 5.41) is 31.5. The van der Waals surface area contributed by atoms with E-state index < -0.39 is 40.8 Å². The van der Waals surface area contributed by atoms with E-state index in [1.165, 1.54) is 18.2 Å². The number of nitrogens with zero attached hydrogens (tertiary/aromatic N) is 4. The van der Waals surface area contributed by atoms with Gasteiger partial charge in [-0.15, -0.1) is 0 Å². The minimum absolute atomic E-state index is 0.0280. The molecule has 0 unspecified atom stereocenters. The van der Waals surface area contributed by atoms with Gasteiger partial charge in [0.1, 0.15) is 0 Å². The van der Waals surface area contributed by atoms with Crippen LogP contribution in [0.25, 0.3) is 28.5 Å². The third-order valence-electron chi connectivity index (χ3n) is 7.10. The van der Waals surface area contributed by atoms with E-state index in [9.17, 15) is 28.2 Å². The number of carbonyl (C=O) groups is 1. The average molecular weight is 610 g/mol.